The van der Waals surface area contributed by atoms with Crippen LogP contribution in [-0.4, -0.2) is 215 Å². The number of nitrogens with two attached hydrogens (primary N) is 4. The van der Waals surface area contributed by atoms with Gasteiger partial charge in [-0.3, -0.25) is 30.3 Å². The number of non-ortho nitro benzene ring substituents is 3. The van der Waals surface area contributed by atoms with E-state index in [1.165, 1.54) is 103 Å². The quantitative estimate of drug-likeness (QED) is 0.00640. The minimum absolute atomic E-state index is 0.0959. The molecular weight excluding hydrogens is 1910 g/mol. The number of nitrogens with one attached hydrogen (secondary N) is 4. The van der Waals surface area contributed by atoms with Crippen molar-refractivity contribution in [1.82, 2.24) is 29.4 Å². The number of hydrogen-bond acceptors (Lipinski definition) is 20. The van der Waals surface area contributed by atoms with E-state index < -0.39 is 10.7 Å². The van der Waals surface area contributed by atoms with Crippen LogP contribution in [0, 0.1) is 36.2 Å². The van der Waals surface area contributed by atoms with Gasteiger partial charge in [0.2, 0.25) is 0 Å². The van der Waals surface area contributed by atoms with Crippen LogP contribution in [0.4, 0.5) is 55.6 Å². The van der Waals surface area contributed by atoms with E-state index in [1.807, 2.05) is 55.7 Å². The molecular formula is C66H100FI6N17O6-2. The number of halogens is 7. The van der Waals surface area contributed by atoms with E-state index in [0.717, 1.165) is 189 Å². The van der Waals surface area contributed by atoms with Crippen molar-refractivity contribution in [1.29, 1.82) is 0 Å². The number of piperazine rings is 3. The molecule has 0 spiro atoms. The Bertz CT molecular complexity index is 2740. The standard InChI is InChI=1S/C22H30N6O4.C22H34N6.C10H24N4.C6H4FNO2.C6H8I6/c29-27(30)21-7-3-19(4-8-21)23-11-1-13-25-15-17-26(18-16-25)14-2-12-24-20-5-9-22(10-6-20)28(31)32;23-19-3-7-21(8-4-19)25-11-1-13-27-15-17-28(18-16-27)14-2-12-26-22-9-5-20(24)6-10-22;11-3-1-5-13-7-9-14(10-8-13)6-2-4-12;7-5-1-3-6(4-2-5)8(9)10;7-1-5(11-3-9)6(2-8)12-4-10/h3-10,23-24H,1-2,11-18H2;3-10,25-26H,1-2,11-18,23-24H2;1-12H2;1-4H;1-4H2/q;;;;-2/b;;;;6-5+. The van der Waals surface area contributed by atoms with E-state index in [2.05, 4.69) is 141 Å². The Balaban J connectivity index is 0.000000275. The van der Waals surface area contributed by atoms with Gasteiger partial charge in [0.25, 0.3) is 17.1 Å². The Morgan fingerprint density at radius 1 is 0.385 bits per heavy atom. The zero-order valence-corrected chi connectivity index (χ0v) is 68.0. The maximum atomic E-state index is 12.1. The van der Waals surface area contributed by atoms with Crippen molar-refractivity contribution in [3.05, 3.63) is 165 Å². The Morgan fingerprint density at radius 2 is 0.604 bits per heavy atom. The molecule has 12 N–H and O–H groups in total. The fourth-order valence-electron chi connectivity index (χ4n) is 10.1. The topological polar surface area (TPSA) is 301 Å². The van der Waals surface area contributed by atoms with Crippen molar-refractivity contribution in [3.63, 3.8) is 0 Å². The van der Waals surface area contributed by atoms with Crippen LogP contribution in [0.5, 0.6) is 0 Å². The molecule has 0 aliphatic carbocycles. The minimum Gasteiger partial charge on any atom is -0.399 e. The summed E-state index contributed by atoms with van der Waals surface area (Å²) in [5.41, 5.74) is 28.2. The number of alkyl halides is 6. The van der Waals surface area contributed by atoms with Gasteiger partial charge < -0.3 is 73.6 Å². The van der Waals surface area contributed by atoms with Crippen LogP contribution in [-0.2, 0) is 0 Å². The maximum Gasteiger partial charge on any atom is 0.269 e. The normalized spacial score (nSPS) is 15.0. The number of nitro benzene ring substituents is 3. The molecule has 5 aromatic rings. The van der Waals surface area contributed by atoms with Crippen LogP contribution < -0.4 is 86.6 Å². The second kappa shape index (κ2) is 52.8. The van der Waals surface area contributed by atoms with E-state index >= 15 is 0 Å². The van der Waals surface area contributed by atoms with Crippen LogP contribution in [0.25, 0.3) is 0 Å². The Morgan fingerprint density at radius 3 is 0.812 bits per heavy atom. The molecule has 0 unspecified atom stereocenters. The van der Waals surface area contributed by atoms with Crippen molar-refractivity contribution in [2.75, 3.05) is 204 Å². The van der Waals surface area contributed by atoms with Gasteiger partial charge in [0.1, 0.15) is 5.82 Å². The largest absolute Gasteiger partial charge is 0.399 e. The number of allylic oxidation sites excluding steroid dienone is 2. The van der Waals surface area contributed by atoms with Gasteiger partial charge in [0.15, 0.2) is 0 Å². The second-order valence-electron chi connectivity index (χ2n) is 22.6. The van der Waals surface area contributed by atoms with Gasteiger partial charge >= 0.3 is 154 Å². The first kappa shape index (κ1) is 85.2. The zero-order chi connectivity index (χ0) is 69.6. The molecule has 536 valence electrons. The van der Waals surface area contributed by atoms with Crippen molar-refractivity contribution in [2.24, 2.45) is 11.5 Å². The summed E-state index contributed by atoms with van der Waals surface area (Å²) in [6, 6.07) is 33.3. The molecule has 3 heterocycles. The summed E-state index contributed by atoms with van der Waals surface area (Å²) < 4.78 is 21.2. The van der Waals surface area contributed by atoms with Crippen LogP contribution in [0.15, 0.2) is 128 Å². The number of rotatable bonds is 35. The predicted molar refractivity (Wildman–Crippen MR) is 422 cm³/mol. The summed E-state index contributed by atoms with van der Waals surface area (Å²) in [7, 11) is 0. The molecule has 23 nitrogen and oxygen atoms in total. The van der Waals surface area contributed by atoms with Crippen LogP contribution in [0.2, 0.25) is 0 Å². The number of anilines is 6. The molecule has 30 heteroatoms. The Kier molecular flexibility index (Phi) is 46.8. The molecule has 0 saturated carbocycles. The molecule has 0 radical (unpaired) electrons. The number of hydrogen-bond donors (Lipinski definition) is 8. The number of nitrogens with zero attached hydrogens (tertiary/aromatic N) is 9. The minimum atomic E-state index is -0.570. The molecule has 5 aromatic carbocycles. The van der Waals surface area contributed by atoms with Crippen molar-refractivity contribution in [3.8, 4) is 0 Å². The zero-order valence-electron chi connectivity index (χ0n) is 55.0. The third kappa shape index (κ3) is 38.0. The predicted octanol–water partition coefficient (Wildman–Crippen LogP) is 5.26. The Hall–Kier alpha value is -3.17. The first-order valence-corrected chi connectivity index (χ1v) is 43.8. The fourth-order valence-corrected chi connectivity index (χ4v) is 24.2. The maximum absolute atomic E-state index is 12.1. The van der Waals surface area contributed by atoms with Crippen LogP contribution >= 0.6 is 90.4 Å². The third-order valence-corrected chi connectivity index (χ3v) is 29.5. The van der Waals surface area contributed by atoms with Gasteiger partial charge in [-0.2, -0.15) is 0 Å². The summed E-state index contributed by atoms with van der Waals surface area (Å²) in [4.78, 5) is 45.1. The van der Waals surface area contributed by atoms with Gasteiger partial charge in [-0.15, -0.1) is 0 Å². The van der Waals surface area contributed by atoms with E-state index in [0.29, 0.717) is 42.4 Å². The summed E-state index contributed by atoms with van der Waals surface area (Å²) in [6.07, 6.45) is 6.63. The van der Waals surface area contributed by atoms with Crippen LogP contribution in [0.1, 0.15) is 38.5 Å². The smallest absolute Gasteiger partial charge is 0.269 e. The average Bonchev–Trinajstić information content (AvgIpc) is 2.79. The van der Waals surface area contributed by atoms with Crippen LogP contribution in [0.3, 0.4) is 0 Å². The van der Waals surface area contributed by atoms with E-state index in [4.69, 9.17) is 22.9 Å². The molecule has 3 aliphatic rings. The van der Waals surface area contributed by atoms with E-state index in [9.17, 15) is 34.7 Å². The molecule has 3 aliphatic heterocycles. The van der Waals surface area contributed by atoms with Gasteiger partial charge in [-0.05, 0) is 176 Å². The molecule has 3 saturated heterocycles. The summed E-state index contributed by atoms with van der Waals surface area (Å²) in [6.45, 7) is 25.8. The molecule has 0 amide bonds. The SMILES string of the molecule is IC[I-]/C(CI)=C(\CI)[I-]CI.NCCCN1CCN(CCCN)CC1.Nc1ccc(NCCCN2CCN(CCCNc3ccc(N)cc3)CC2)cc1.O=[N+]([O-])c1ccc(F)cc1.O=[N+]([O-])c1ccc(NCCCN2CCN(CCCNc3ccc([N+](=O)[O-])cc3)CC2)cc1. The van der Waals surface area contributed by atoms with Crippen molar-refractivity contribution < 1.29 is 61.6 Å². The summed E-state index contributed by atoms with van der Waals surface area (Å²) in [5.74, 6) is -0.467. The van der Waals surface area contributed by atoms with Gasteiger partial charge in [-0.1, -0.05) is 0 Å². The van der Waals surface area contributed by atoms with E-state index in [-0.39, 0.29) is 26.9 Å². The molecule has 3 fully saturated rings. The van der Waals surface area contributed by atoms with Gasteiger partial charge in [0, 0.05) is 175 Å². The molecule has 0 aromatic heterocycles. The van der Waals surface area contributed by atoms with E-state index in [1.54, 1.807) is 24.3 Å². The number of nitrogen functional groups attached to an aromatic ring is 2. The molecule has 0 bridgehead atoms. The van der Waals surface area contributed by atoms with Gasteiger partial charge in [0.05, 0.1) is 14.8 Å². The second-order valence-corrected chi connectivity index (χ2v) is 37.1. The van der Waals surface area contributed by atoms with Crippen molar-refractivity contribution in [2.45, 2.75) is 38.5 Å². The average molecular weight is 2010 g/mol. The molecule has 96 heavy (non-hydrogen) atoms. The fraction of sp³-hybridized carbons (Fsp3) is 0.515. The number of benzene rings is 5. The summed E-state index contributed by atoms with van der Waals surface area (Å²) in [5, 5.41) is 44.9. The molecule has 8 rings (SSSR count). The van der Waals surface area contributed by atoms with Gasteiger partial charge in [-0.25, -0.2) is 4.39 Å². The first-order valence-electron chi connectivity index (χ1n) is 32.5. The first-order chi connectivity index (χ1) is 46.6. The monoisotopic (exact) mass is 2010 g/mol. The van der Waals surface area contributed by atoms with Crippen molar-refractivity contribution >= 4 is 142 Å². The number of nitro groups is 3. The Labute approximate surface area is 643 Å². The summed E-state index contributed by atoms with van der Waals surface area (Å²) >= 11 is 10.9. The third-order valence-electron chi connectivity index (χ3n) is 15.6. The molecule has 0 atom stereocenters.